The van der Waals surface area contributed by atoms with Crippen LogP contribution in [0.15, 0.2) is 10.9 Å². The fourth-order valence-electron chi connectivity index (χ4n) is 2.83. The Morgan fingerprint density at radius 1 is 1.41 bits per heavy atom. The molecule has 118 valence electrons. The summed E-state index contributed by atoms with van der Waals surface area (Å²) < 4.78 is 1.73. The van der Waals surface area contributed by atoms with E-state index in [1.165, 1.54) is 0 Å². The second-order valence-corrected chi connectivity index (χ2v) is 6.82. The van der Waals surface area contributed by atoms with Gasteiger partial charge in [0.1, 0.15) is 10.7 Å². The Bertz CT molecular complexity index is 765. The van der Waals surface area contributed by atoms with Crippen LogP contribution in [0.1, 0.15) is 23.5 Å². The third-order valence-electron chi connectivity index (χ3n) is 4.00. The first-order chi connectivity index (χ1) is 10.6. The van der Waals surface area contributed by atoms with E-state index in [1.54, 1.807) is 15.9 Å². The van der Waals surface area contributed by atoms with Gasteiger partial charge in [0.05, 0.1) is 5.39 Å². The van der Waals surface area contributed by atoms with Crippen molar-refractivity contribution in [3.63, 3.8) is 0 Å². The van der Waals surface area contributed by atoms with Crippen LogP contribution in [0, 0.1) is 6.92 Å². The van der Waals surface area contributed by atoms with Gasteiger partial charge in [0.25, 0.3) is 5.56 Å². The maximum atomic E-state index is 12.6. The van der Waals surface area contributed by atoms with Crippen molar-refractivity contribution in [1.29, 1.82) is 0 Å². The fraction of sp³-hybridized carbons (Fsp3) is 0.533. The summed E-state index contributed by atoms with van der Waals surface area (Å²) in [7, 11) is 0. The quantitative estimate of drug-likeness (QED) is 0.910. The lowest BCUT2D eigenvalue weighted by molar-refractivity contribution is -0.131. The van der Waals surface area contributed by atoms with Crippen LogP contribution in [0.5, 0.6) is 0 Å². The third kappa shape index (κ3) is 2.78. The minimum absolute atomic E-state index is 0.0145. The molecule has 0 bridgehead atoms. The molecule has 0 saturated heterocycles. The van der Waals surface area contributed by atoms with Crippen molar-refractivity contribution in [3.8, 4) is 0 Å². The van der Waals surface area contributed by atoms with Crippen molar-refractivity contribution in [1.82, 2.24) is 14.5 Å². The predicted octanol–water partition coefficient (Wildman–Crippen LogP) is 0.890. The van der Waals surface area contributed by atoms with Gasteiger partial charge in [-0.3, -0.25) is 14.2 Å². The van der Waals surface area contributed by atoms with Gasteiger partial charge in [-0.25, -0.2) is 4.98 Å². The molecule has 0 aliphatic carbocycles. The standard InChI is InChI=1S/C15H20N4O2S/c1-10-9-11-14(22-10)17-12-4-6-18(13(20)3-2-5-16)7-8-19(12)15(11)21/h9H,2-8,16H2,1H3. The van der Waals surface area contributed by atoms with E-state index in [9.17, 15) is 9.59 Å². The molecule has 0 aromatic carbocycles. The second-order valence-electron chi connectivity index (χ2n) is 5.58. The minimum atomic E-state index is 0.0145. The van der Waals surface area contributed by atoms with Crippen molar-refractivity contribution >= 4 is 27.5 Å². The third-order valence-corrected chi connectivity index (χ3v) is 4.94. The Balaban J connectivity index is 1.87. The Hall–Kier alpha value is -1.73. The highest BCUT2D eigenvalue weighted by Gasteiger charge is 2.21. The van der Waals surface area contributed by atoms with E-state index in [4.69, 9.17) is 5.73 Å². The van der Waals surface area contributed by atoms with Crippen molar-refractivity contribution in [2.75, 3.05) is 19.6 Å². The van der Waals surface area contributed by atoms with E-state index < -0.39 is 0 Å². The lowest BCUT2D eigenvalue weighted by atomic mass is 10.2. The molecule has 1 aliphatic rings. The Kier molecular flexibility index (Phi) is 4.26. The van der Waals surface area contributed by atoms with Crippen LogP contribution in [0.2, 0.25) is 0 Å². The first kappa shape index (κ1) is 15.2. The summed E-state index contributed by atoms with van der Waals surface area (Å²) in [5.74, 6) is 0.900. The summed E-state index contributed by atoms with van der Waals surface area (Å²) in [6, 6.07) is 1.90. The van der Waals surface area contributed by atoms with Gasteiger partial charge in [-0.15, -0.1) is 11.3 Å². The highest BCUT2D eigenvalue weighted by atomic mass is 32.1. The van der Waals surface area contributed by atoms with Crippen molar-refractivity contribution < 1.29 is 4.79 Å². The van der Waals surface area contributed by atoms with Crippen molar-refractivity contribution in [2.24, 2.45) is 5.73 Å². The number of rotatable bonds is 3. The van der Waals surface area contributed by atoms with E-state index in [0.717, 1.165) is 15.5 Å². The smallest absolute Gasteiger partial charge is 0.262 e. The van der Waals surface area contributed by atoms with Gasteiger partial charge in [0.2, 0.25) is 5.91 Å². The average molecular weight is 320 g/mol. The average Bonchev–Trinajstić information content (AvgIpc) is 2.74. The summed E-state index contributed by atoms with van der Waals surface area (Å²) in [6.45, 7) is 4.20. The van der Waals surface area contributed by atoms with Crippen LogP contribution in [-0.4, -0.2) is 40.0 Å². The molecule has 0 saturated carbocycles. The van der Waals surface area contributed by atoms with Gasteiger partial charge in [-0.05, 0) is 26.0 Å². The van der Waals surface area contributed by atoms with E-state index in [1.807, 2.05) is 17.9 Å². The molecule has 7 heteroatoms. The van der Waals surface area contributed by atoms with E-state index in [-0.39, 0.29) is 11.5 Å². The highest BCUT2D eigenvalue weighted by Crippen LogP contribution is 2.21. The summed E-state index contributed by atoms with van der Waals surface area (Å²) in [5, 5.41) is 0.689. The minimum Gasteiger partial charge on any atom is -0.340 e. The number of hydrogen-bond donors (Lipinski definition) is 1. The normalized spacial score (nSPS) is 14.9. The van der Waals surface area contributed by atoms with Crippen LogP contribution in [0.3, 0.4) is 0 Å². The summed E-state index contributed by atoms with van der Waals surface area (Å²) >= 11 is 1.55. The SMILES string of the molecule is Cc1cc2c(=O)n3c(nc2s1)CCN(C(=O)CCCN)CC3. The van der Waals surface area contributed by atoms with Crippen molar-refractivity contribution in [3.05, 3.63) is 27.1 Å². The zero-order valence-electron chi connectivity index (χ0n) is 12.7. The first-order valence-corrected chi connectivity index (χ1v) is 8.39. The van der Waals surface area contributed by atoms with E-state index >= 15 is 0 Å². The lowest BCUT2D eigenvalue weighted by Gasteiger charge is -2.19. The molecule has 0 atom stereocenters. The number of thiophene rings is 1. The van der Waals surface area contributed by atoms with E-state index in [0.29, 0.717) is 50.8 Å². The van der Waals surface area contributed by atoms with Gasteiger partial charge in [-0.2, -0.15) is 0 Å². The summed E-state index contributed by atoms with van der Waals surface area (Å²) in [5.41, 5.74) is 5.47. The molecule has 0 fully saturated rings. The highest BCUT2D eigenvalue weighted by molar-refractivity contribution is 7.18. The van der Waals surface area contributed by atoms with Crippen LogP contribution < -0.4 is 11.3 Å². The van der Waals surface area contributed by atoms with Gasteiger partial charge in [0.15, 0.2) is 0 Å². The van der Waals surface area contributed by atoms with Crippen LogP contribution in [0.4, 0.5) is 0 Å². The van der Waals surface area contributed by atoms with E-state index in [2.05, 4.69) is 4.98 Å². The molecule has 3 rings (SSSR count). The van der Waals surface area contributed by atoms with Crippen LogP contribution in [-0.2, 0) is 17.8 Å². The molecule has 1 amide bonds. The molecule has 0 unspecified atom stereocenters. The number of aromatic nitrogens is 2. The molecular formula is C15H20N4O2S. The maximum absolute atomic E-state index is 12.6. The number of nitrogens with zero attached hydrogens (tertiary/aromatic N) is 3. The Morgan fingerprint density at radius 3 is 3.00 bits per heavy atom. The molecule has 3 heterocycles. The number of hydrogen-bond acceptors (Lipinski definition) is 5. The monoisotopic (exact) mass is 320 g/mol. The molecule has 2 N–H and O–H groups in total. The summed E-state index contributed by atoms with van der Waals surface area (Å²) in [6.07, 6.45) is 1.80. The zero-order chi connectivity index (χ0) is 15.7. The zero-order valence-corrected chi connectivity index (χ0v) is 13.5. The number of carbonyl (C=O) groups excluding carboxylic acids is 1. The Labute approximate surface area is 132 Å². The number of carbonyl (C=O) groups is 1. The summed E-state index contributed by atoms with van der Waals surface area (Å²) in [4.78, 5) is 33.1. The maximum Gasteiger partial charge on any atom is 0.262 e. The number of amides is 1. The molecule has 2 aromatic heterocycles. The van der Waals surface area contributed by atoms with Gasteiger partial charge < -0.3 is 10.6 Å². The predicted molar refractivity (Wildman–Crippen MR) is 87.2 cm³/mol. The van der Waals surface area contributed by atoms with Gasteiger partial charge in [0, 0.05) is 37.4 Å². The van der Waals surface area contributed by atoms with Gasteiger partial charge >= 0.3 is 0 Å². The number of nitrogens with two attached hydrogens (primary N) is 1. The lowest BCUT2D eigenvalue weighted by Crippen LogP contribution is -2.34. The molecule has 0 radical (unpaired) electrons. The largest absolute Gasteiger partial charge is 0.340 e. The van der Waals surface area contributed by atoms with Crippen LogP contribution >= 0.6 is 11.3 Å². The fourth-order valence-corrected chi connectivity index (χ4v) is 3.72. The topological polar surface area (TPSA) is 81.2 Å². The van der Waals surface area contributed by atoms with Crippen molar-refractivity contribution in [2.45, 2.75) is 32.7 Å². The molecule has 6 nitrogen and oxygen atoms in total. The molecule has 1 aliphatic heterocycles. The number of fused-ring (bicyclic) bond motifs is 2. The molecular weight excluding hydrogens is 300 g/mol. The first-order valence-electron chi connectivity index (χ1n) is 7.58. The number of aryl methyl sites for hydroxylation is 1. The van der Waals surface area contributed by atoms with Crippen LogP contribution in [0.25, 0.3) is 10.2 Å². The second kappa shape index (κ2) is 6.18. The molecule has 22 heavy (non-hydrogen) atoms. The Morgan fingerprint density at radius 2 is 2.23 bits per heavy atom. The molecule has 0 spiro atoms. The molecule has 2 aromatic rings. The van der Waals surface area contributed by atoms with Gasteiger partial charge in [-0.1, -0.05) is 0 Å².